The van der Waals surface area contributed by atoms with Gasteiger partial charge in [0.2, 0.25) is 0 Å². The van der Waals surface area contributed by atoms with Crippen molar-refractivity contribution >= 4 is 0 Å². The van der Waals surface area contributed by atoms with Crippen LogP contribution in [0.15, 0.2) is 35.8 Å². The molecule has 17 heavy (non-hydrogen) atoms. The molecule has 2 nitrogen and oxygen atoms in total. The largest absolute Gasteiger partial charge is 0.491 e. The Morgan fingerprint density at radius 2 is 1.65 bits per heavy atom. The summed E-state index contributed by atoms with van der Waals surface area (Å²) in [6.45, 7) is 13.0. The maximum absolute atomic E-state index is 5.85. The van der Waals surface area contributed by atoms with Crippen molar-refractivity contribution < 1.29 is 4.74 Å². The van der Waals surface area contributed by atoms with Crippen molar-refractivity contribution in [3.63, 3.8) is 0 Å². The first-order chi connectivity index (χ1) is 8.11. The highest BCUT2D eigenvalue weighted by Crippen LogP contribution is 2.08. The Morgan fingerprint density at radius 3 is 2.06 bits per heavy atom. The number of ether oxygens (including phenoxy) is 1. The van der Waals surface area contributed by atoms with Crippen LogP contribution in [-0.2, 0) is 4.74 Å². The zero-order chi connectivity index (χ0) is 13.7. The summed E-state index contributed by atoms with van der Waals surface area (Å²) < 4.78 is 5.62. The van der Waals surface area contributed by atoms with Crippen molar-refractivity contribution in [2.75, 3.05) is 6.61 Å². The van der Waals surface area contributed by atoms with E-state index < -0.39 is 0 Å². The molecule has 0 aliphatic heterocycles. The van der Waals surface area contributed by atoms with Gasteiger partial charge in [0.25, 0.3) is 0 Å². The third kappa shape index (κ3) is 11.1. The third-order valence-corrected chi connectivity index (χ3v) is 1.90. The molecule has 0 saturated heterocycles. The minimum absolute atomic E-state index is 0.653. The lowest BCUT2D eigenvalue weighted by Crippen LogP contribution is -2.04. The standard InChI is InChI=1S/C13H23NO.C2H6/c1-5-7-12(14)13(8-6-2)15-10-9-11(3)4;1-2/h5-8,11H,9-10,14H2,1-4H3;1-2H3/b7-5-,8-6-,13-12-;. The Morgan fingerprint density at radius 1 is 1.12 bits per heavy atom. The summed E-state index contributed by atoms with van der Waals surface area (Å²) in [5.74, 6) is 1.41. The first-order valence-corrected chi connectivity index (χ1v) is 6.49. The zero-order valence-electron chi connectivity index (χ0n) is 12.3. The molecule has 0 radical (unpaired) electrons. The molecule has 0 spiro atoms. The number of hydrogen-bond donors (Lipinski definition) is 1. The van der Waals surface area contributed by atoms with E-state index in [1.807, 2.05) is 52.0 Å². The van der Waals surface area contributed by atoms with Gasteiger partial charge in [-0.15, -0.1) is 0 Å². The van der Waals surface area contributed by atoms with Crippen molar-refractivity contribution in [3.8, 4) is 0 Å². The van der Waals surface area contributed by atoms with Gasteiger partial charge in [-0.05, 0) is 38.3 Å². The highest BCUT2D eigenvalue weighted by Gasteiger charge is 1.99. The SMILES string of the molecule is CC.C\C=C/C(N)=C(\C=C/C)OCCC(C)C. The average Bonchev–Trinajstić information content (AvgIpc) is 2.30. The van der Waals surface area contributed by atoms with Gasteiger partial charge in [-0.2, -0.15) is 0 Å². The Kier molecular flexibility index (Phi) is 13.8. The molecular weight excluding hydrogens is 210 g/mol. The molecule has 0 aromatic rings. The van der Waals surface area contributed by atoms with Gasteiger partial charge in [-0.1, -0.05) is 39.8 Å². The summed E-state index contributed by atoms with van der Waals surface area (Å²) in [5.41, 5.74) is 6.53. The first kappa shape index (κ1) is 18.2. The predicted molar refractivity (Wildman–Crippen MR) is 77.6 cm³/mol. The van der Waals surface area contributed by atoms with Crippen LogP contribution in [0, 0.1) is 5.92 Å². The van der Waals surface area contributed by atoms with E-state index in [2.05, 4.69) is 13.8 Å². The monoisotopic (exact) mass is 239 g/mol. The number of allylic oxidation sites excluding steroid dienone is 4. The molecule has 0 heterocycles. The minimum atomic E-state index is 0.653. The average molecular weight is 239 g/mol. The van der Waals surface area contributed by atoms with E-state index in [0.29, 0.717) is 11.6 Å². The second-order valence-electron chi connectivity index (χ2n) is 3.85. The number of hydrogen-bond acceptors (Lipinski definition) is 2. The van der Waals surface area contributed by atoms with E-state index >= 15 is 0 Å². The number of rotatable bonds is 6. The first-order valence-electron chi connectivity index (χ1n) is 6.49. The van der Waals surface area contributed by atoms with Crippen molar-refractivity contribution in [2.45, 2.75) is 48.0 Å². The lowest BCUT2D eigenvalue weighted by atomic mass is 10.1. The lowest BCUT2D eigenvalue weighted by molar-refractivity contribution is 0.204. The molecule has 2 N–H and O–H groups in total. The van der Waals surface area contributed by atoms with E-state index in [0.717, 1.165) is 18.8 Å². The molecule has 0 unspecified atom stereocenters. The Labute approximate surface area is 107 Å². The van der Waals surface area contributed by atoms with E-state index in [-0.39, 0.29) is 0 Å². The summed E-state index contributed by atoms with van der Waals surface area (Å²) in [6.07, 6.45) is 8.64. The highest BCUT2D eigenvalue weighted by atomic mass is 16.5. The molecule has 0 amide bonds. The van der Waals surface area contributed by atoms with Crippen LogP contribution in [0.5, 0.6) is 0 Å². The highest BCUT2D eigenvalue weighted by molar-refractivity contribution is 5.26. The molecule has 0 atom stereocenters. The van der Waals surface area contributed by atoms with Crippen LogP contribution in [0.2, 0.25) is 0 Å². The van der Waals surface area contributed by atoms with Gasteiger partial charge < -0.3 is 10.5 Å². The molecule has 0 rings (SSSR count). The van der Waals surface area contributed by atoms with Crippen molar-refractivity contribution in [1.29, 1.82) is 0 Å². The molecule has 0 aliphatic carbocycles. The topological polar surface area (TPSA) is 35.2 Å². The van der Waals surface area contributed by atoms with Crippen molar-refractivity contribution in [1.82, 2.24) is 0 Å². The summed E-state index contributed by atoms with van der Waals surface area (Å²) in [6, 6.07) is 0. The van der Waals surface area contributed by atoms with E-state index in [9.17, 15) is 0 Å². The van der Waals surface area contributed by atoms with Crippen LogP contribution in [0.3, 0.4) is 0 Å². The molecule has 0 aliphatic rings. The molecule has 0 bridgehead atoms. The second kappa shape index (κ2) is 12.9. The smallest absolute Gasteiger partial charge is 0.141 e. The van der Waals surface area contributed by atoms with Crippen LogP contribution < -0.4 is 5.73 Å². The molecule has 2 heteroatoms. The minimum Gasteiger partial charge on any atom is -0.491 e. The van der Waals surface area contributed by atoms with Gasteiger partial charge in [0.05, 0.1) is 12.3 Å². The summed E-state index contributed by atoms with van der Waals surface area (Å²) in [7, 11) is 0. The normalized spacial score (nSPS) is 12.6. The van der Waals surface area contributed by atoms with Gasteiger partial charge in [0, 0.05) is 0 Å². The van der Waals surface area contributed by atoms with Crippen LogP contribution in [0.4, 0.5) is 0 Å². The van der Waals surface area contributed by atoms with Crippen LogP contribution >= 0.6 is 0 Å². The Hall–Kier alpha value is -1.18. The van der Waals surface area contributed by atoms with E-state index in [1.54, 1.807) is 0 Å². The van der Waals surface area contributed by atoms with E-state index in [4.69, 9.17) is 10.5 Å². The fourth-order valence-electron chi connectivity index (χ4n) is 1.05. The summed E-state index contributed by atoms with van der Waals surface area (Å²) >= 11 is 0. The Bertz CT molecular complexity index is 250. The fourth-order valence-corrected chi connectivity index (χ4v) is 1.05. The van der Waals surface area contributed by atoms with Crippen molar-refractivity contribution in [3.05, 3.63) is 35.8 Å². The quantitative estimate of drug-likeness (QED) is 0.551. The zero-order valence-corrected chi connectivity index (χ0v) is 12.3. The molecule has 100 valence electrons. The lowest BCUT2D eigenvalue weighted by Gasteiger charge is -2.10. The van der Waals surface area contributed by atoms with Crippen LogP contribution in [0.1, 0.15) is 48.0 Å². The van der Waals surface area contributed by atoms with Crippen LogP contribution in [-0.4, -0.2) is 6.61 Å². The van der Waals surface area contributed by atoms with Crippen LogP contribution in [0.25, 0.3) is 0 Å². The number of nitrogens with two attached hydrogens (primary N) is 1. The van der Waals surface area contributed by atoms with Gasteiger partial charge in [-0.3, -0.25) is 0 Å². The fraction of sp³-hybridized carbons (Fsp3) is 0.600. The maximum atomic E-state index is 5.85. The summed E-state index contributed by atoms with van der Waals surface area (Å²) in [5, 5.41) is 0. The molecule has 0 aromatic carbocycles. The third-order valence-electron chi connectivity index (χ3n) is 1.90. The van der Waals surface area contributed by atoms with Gasteiger partial charge >= 0.3 is 0 Å². The summed E-state index contributed by atoms with van der Waals surface area (Å²) in [4.78, 5) is 0. The molecule has 0 fully saturated rings. The van der Waals surface area contributed by atoms with Crippen molar-refractivity contribution in [2.24, 2.45) is 11.7 Å². The Balaban J connectivity index is 0. The maximum Gasteiger partial charge on any atom is 0.141 e. The van der Waals surface area contributed by atoms with Gasteiger partial charge in [0.15, 0.2) is 0 Å². The van der Waals surface area contributed by atoms with Gasteiger partial charge in [0.1, 0.15) is 5.76 Å². The molecular formula is C15H29NO. The molecule has 0 saturated carbocycles. The predicted octanol–water partition coefficient (Wildman–Crippen LogP) is 4.40. The van der Waals surface area contributed by atoms with E-state index in [1.165, 1.54) is 0 Å². The second-order valence-corrected chi connectivity index (χ2v) is 3.85. The van der Waals surface area contributed by atoms with Gasteiger partial charge in [-0.25, -0.2) is 0 Å². The molecule has 0 aromatic heterocycles.